The molecule has 1 atom stereocenters. The van der Waals surface area contributed by atoms with E-state index in [1.165, 1.54) is 4.90 Å². The standard InChI is InChI=1S/C17H27N3O6/c1-13(2)16(17(25)18-7-10-22)19-14(23)6-11-26-12-8-20(3)15(24)5-4-9-21/h4-5,9-10,13,16H,6-8,11-12H2,1-3H3,(H,18,25)(H,19,23)/b5-4-. The van der Waals surface area contributed by atoms with E-state index in [0.29, 0.717) is 19.1 Å². The molecule has 0 radical (unpaired) electrons. The Hall–Kier alpha value is -2.55. The molecule has 0 saturated carbocycles. The third-order valence-electron chi connectivity index (χ3n) is 3.36. The van der Waals surface area contributed by atoms with Gasteiger partial charge < -0.3 is 25.1 Å². The second kappa shape index (κ2) is 13.7. The molecule has 0 spiro atoms. The lowest BCUT2D eigenvalue weighted by molar-refractivity contribution is -0.131. The molecule has 26 heavy (non-hydrogen) atoms. The van der Waals surface area contributed by atoms with Crippen molar-refractivity contribution in [2.24, 2.45) is 5.92 Å². The summed E-state index contributed by atoms with van der Waals surface area (Å²) in [6.07, 6.45) is 3.42. The molecule has 0 aliphatic carbocycles. The highest BCUT2D eigenvalue weighted by atomic mass is 16.5. The number of nitrogens with one attached hydrogen (secondary N) is 2. The number of nitrogens with zero attached hydrogens (tertiary/aromatic N) is 1. The molecule has 0 aliphatic heterocycles. The molecule has 0 aromatic carbocycles. The number of allylic oxidation sites excluding steroid dienone is 1. The molecule has 0 saturated heterocycles. The zero-order chi connectivity index (χ0) is 19.9. The number of amides is 3. The number of hydrogen-bond acceptors (Lipinski definition) is 6. The average Bonchev–Trinajstić information content (AvgIpc) is 2.61. The molecule has 1 unspecified atom stereocenters. The molecule has 146 valence electrons. The van der Waals surface area contributed by atoms with E-state index in [9.17, 15) is 24.0 Å². The van der Waals surface area contributed by atoms with E-state index in [0.717, 1.165) is 12.2 Å². The molecule has 0 heterocycles. The number of hydrogen-bond donors (Lipinski definition) is 2. The number of rotatable bonds is 13. The summed E-state index contributed by atoms with van der Waals surface area (Å²) in [5.41, 5.74) is 0. The zero-order valence-electron chi connectivity index (χ0n) is 15.4. The summed E-state index contributed by atoms with van der Waals surface area (Å²) in [5, 5.41) is 5.03. The lowest BCUT2D eigenvalue weighted by atomic mass is 10.0. The Morgan fingerprint density at radius 2 is 1.85 bits per heavy atom. The minimum Gasteiger partial charge on any atom is -0.379 e. The second-order valence-corrected chi connectivity index (χ2v) is 5.82. The minimum atomic E-state index is -0.726. The number of carbonyl (C=O) groups excluding carboxylic acids is 5. The summed E-state index contributed by atoms with van der Waals surface area (Å²) in [6.45, 7) is 4.15. The fraction of sp³-hybridized carbons (Fsp3) is 0.588. The highest BCUT2D eigenvalue weighted by Crippen LogP contribution is 2.02. The van der Waals surface area contributed by atoms with Gasteiger partial charge in [-0.1, -0.05) is 13.8 Å². The van der Waals surface area contributed by atoms with Gasteiger partial charge in [0.1, 0.15) is 18.6 Å². The Morgan fingerprint density at radius 3 is 2.42 bits per heavy atom. The largest absolute Gasteiger partial charge is 0.379 e. The minimum absolute atomic E-state index is 0.0624. The third kappa shape index (κ3) is 10.3. The summed E-state index contributed by atoms with van der Waals surface area (Å²) in [5.74, 6) is -1.21. The highest BCUT2D eigenvalue weighted by Gasteiger charge is 2.23. The van der Waals surface area contributed by atoms with E-state index in [1.54, 1.807) is 20.9 Å². The SMILES string of the molecule is CC(C)C(NC(=O)CCOCCN(C)C(=O)/C=C\C=O)C(=O)NCC=O. The Morgan fingerprint density at radius 1 is 1.15 bits per heavy atom. The van der Waals surface area contributed by atoms with Gasteiger partial charge in [0.25, 0.3) is 0 Å². The van der Waals surface area contributed by atoms with E-state index in [2.05, 4.69) is 10.6 Å². The Bertz CT molecular complexity index is 519. The fourth-order valence-corrected chi connectivity index (χ4v) is 1.86. The molecule has 9 heteroatoms. The molecule has 0 aliphatic rings. The number of likely N-dealkylation sites (N-methyl/N-ethyl adjacent to an activating group) is 1. The number of ether oxygens (including phenoxy) is 1. The summed E-state index contributed by atoms with van der Waals surface area (Å²) in [6, 6.07) is -0.726. The number of carbonyl (C=O) groups is 5. The van der Waals surface area contributed by atoms with Gasteiger partial charge >= 0.3 is 0 Å². The van der Waals surface area contributed by atoms with Gasteiger partial charge in [-0.3, -0.25) is 19.2 Å². The van der Waals surface area contributed by atoms with E-state index in [4.69, 9.17) is 4.74 Å². The molecule has 0 aromatic heterocycles. The van der Waals surface area contributed by atoms with Crippen LogP contribution < -0.4 is 10.6 Å². The molecular weight excluding hydrogens is 342 g/mol. The van der Waals surface area contributed by atoms with Crippen LogP contribution in [0.5, 0.6) is 0 Å². The Kier molecular flexibility index (Phi) is 12.4. The topological polar surface area (TPSA) is 122 Å². The van der Waals surface area contributed by atoms with Gasteiger partial charge in [-0.25, -0.2) is 0 Å². The van der Waals surface area contributed by atoms with Crippen LogP contribution in [0.15, 0.2) is 12.2 Å². The maximum atomic E-state index is 11.9. The van der Waals surface area contributed by atoms with Crippen molar-refractivity contribution in [1.82, 2.24) is 15.5 Å². The van der Waals surface area contributed by atoms with Gasteiger partial charge in [-0.15, -0.1) is 0 Å². The van der Waals surface area contributed by atoms with Crippen LogP contribution in [0.4, 0.5) is 0 Å². The van der Waals surface area contributed by atoms with Crippen LogP contribution in [0.2, 0.25) is 0 Å². The van der Waals surface area contributed by atoms with Gasteiger partial charge in [-0.2, -0.15) is 0 Å². The van der Waals surface area contributed by atoms with Crippen molar-refractivity contribution in [3.05, 3.63) is 12.2 Å². The van der Waals surface area contributed by atoms with Crippen LogP contribution >= 0.6 is 0 Å². The van der Waals surface area contributed by atoms with Crippen molar-refractivity contribution >= 4 is 30.3 Å². The molecule has 0 rings (SSSR count). The first-order valence-electron chi connectivity index (χ1n) is 8.28. The molecule has 9 nitrogen and oxygen atoms in total. The quantitative estimate of drug-likeness (QED) is 0.246. The lowest BCUT2D eigenvalue weighted by Gasteiger charge is -2.21. The highest BCUT2D eigenvalue weighted by molar-refractivity contribution is 5.90. The lowest BCUT2D eigenvalue weighted by Crippen LogP contribution is -2.50. The van der Waals surface area contributed by atoms with Crippen molar-refractivity contribution in [3.8, 4) is 0 Å². The fourth-order valence-electron chi connectivity index (χ4n) is 1.86. The summed E-state index contributed by atoms with van der Waals surface area (Å²) in [4.78, 5) is 57.1. The van der Waals surface area contributed by atoms with Gasteiger partial charge in [0.15, 0.2) is 0 Å². The smallest absolute Gasteiger partial charge is 0.246 e. The van der Waals surface area contributed by atoms with Crippen LogP contribution in [-0.4, -0.2) is 74.6 Å². The van der Waals surface area contributed by atoms with Crippen molar-refractivity contribution in [2.75, 3.05) is 33.4 Å². The summed E-state index contributed by atoms with van der Waals surface area (Å²) >= 11 is 0. The maximum absolute atomic E-state index is 11.9. The Labute approximate surface area is 153 Å². The molecule has 0 aromatic rings. The zero-order valence-corrected chi connectivity index (χ0v) is 15.4. The van der Waals surface area contributed by atoms with E-state index in [-0.39, 0.29) is 43.9 Å². The van der Waals surface area contributed by atoms with Gasteiger partial charge in [-0.05, 0) is 12.0 Å². The predicted molar refractivity (Wildman–Crippen MR) is 94.1 cm³/mol. The van der Waals surface area contributed by atoms with Crippen LogP contribution in [0.3, 0.4) is 0 Å². The van der Waals surface area contributed by atoms with Crippen LogP contribution in [0, 0.1) is 5.92 Å². The molecule has 2 N–H and O–H groups in total. The van der Waals surface area contributed by atoms with Gasteiger partial charge in [0.05, 0.1) is 19.8 Å². The first-order valence-corrected chi connectivity index (χ1v) is 8.28. The molecule has 0 bridgehead atoms. The van der Waals surface area contributed by atoms with E-state index in [1.807, 2.05) is 0 Å². The third-order valence-corrected chi connectivity index (χ3v) is 3.36. The molecule has 0 fully saturated rings. The van der Waals surface area contributed by atoms with E-state index >= 15 is 0 Å². The molecular formula is C17H27N3O6. The number of aldehydes is 2. The summed E-state index contributed by atoms with van der Waals surface area (Å²) < 4.78 is 5.30. The molecule has 3 amide bonds. The first kappa shape index (κ1) is 23.4. The van der Waals surface area contributed by atoms with Gasteiger partial charge in [0, 0.05) is 26.1 Å². The summed E-state index contributed by atoms with van der Waals surface area (Å²) in [7, 11) is 1.57. The maximum Gasteiger partial charge on any atom is 0.246 e. The monoisotopic (exact) mass is 369 g/mol. The predicted octanol–water partition coefficient (Wildman–Crippen LogP) is -0.937. The van der Waals surface area contributed by atoms with Crippen LogP contribution in [0.1, 0.15) is 20.3 Å². The second-order valence-electron chi connectivity index (χ2n) is 5.82. The Balaban J connectivity index is 4.11. The van der Waals surface area contributed by atoms with Gasteiger partial charge in [0.2, 0.25) is 17.7 Å². The van der Waals surface area contributed by atoms with Crippen molar-refractivity contribution in [1.29, 1.82) is 0 Å². The first-order chi connectivity index (χ1) is 12.3. The van der Waals surface area contributed by atoms with E-state index < -0.39 is 11.9 Å². The normalized spacial score (nSPS) is 11.8. The average molecular weight is 369 g/mol. The van der Waals surface area contributed by atoms with Crippen LogP contribution in [0.25, 0.3) is 0 Å². The van der Waals surface area contributed by atoms with Crippen molar-refractivity contribution < 1.29 is 28.7 Å². The van der Waals surface area contributed by atoms with Crippen LogP contribution in [-0.2, 0) is 28.7 Å². The van der Waals surface area contributed by atoms with Crippen molar-refractivity contribution in [2.45, 2.75) is 26.3 Å². The van der Waals surface area contributed by atoms with Crippen molar-refractivity contribution in [3.63, 3.8) is 0 Å².